The van der Waals surface area contributed by atoms with E-state index in [2.05, 4.69) is 37.4 Å². The molecular formula is C33H49N9O4. The van der Waals surface area contributed by atoms with Gasteiger partial charge < -0.3 is 31.3 Å². The van der Waals surface area contributed by atoms with Gasteiger partial charge in [0.25, 0.3) is 5.91 Å². The maximum atomic E-state index is 12.8. The number of aryl methyl sites for hydroxylation is 1. The molecule has 3 fully saturated rings. The number of likely N-dealkylation sites (N-methyl/N-ethyl adjacent to an activating group) is 1. The summed E-state index contributed by atoms with van der Waals surface area (Å²) in [5.41, 5.74) is 8.20. The average molecular weight is 636 g/mol. The Labute approximate surface area is 271 Å². The number of primary amides is 1. The van der Waals surface area contributed by atoms with Crippen molar-refractivity contribution in [1.82, 2.24) is 19.8 Å². The molecule has 13 nitrogen and oxygen atoms in total. The molecule has 46 heavy (non-hydrogen) atoms. The summed E-state index contributed by atoms with van der Waals surface area (Å²) in [5.74, 6) is -0.733. The standard InChI is InChI=1S/C33H49N9O4/c1-5-27-32(35-23-6-9-26(45)10-7-23)38-33(30(37-27)31(34)46)36-24-8-11-28(29(20-24)42(21(2)43)22(3)44)41-14-12-25(13-15-41)40-18-16-39(4)17-19-40/h8,11,20,23,25-26,45H,5-7,9-10,12-19H2,1-4H3,(H2,34,46)(H2,35,36,38). The summed E-state index contributed by atoms with van der Waals surface area (Å²) < 4.78 is 0. The molecule has 2 saturated heterocycles. The molecule has 1 aromatic carbocycles. The van der Waals surface area contributed by atoms with E-state index in [-0.39, 0.29) is 35.5 Å². The van der Waals surface area contributed by atoms with Crippen molar-refractivity contribution in [3.63, 3.8) is 0 Å². The second-order valence-corrected chi connectivity index (χ2v) is 12.8. The lowest BCUT2D eigenvalue weighted by molar-refractivity contribution is -0.124. The first-order valence-corrected chi connectivity index (χ1v) is 16.6. The number of piperidine rings is 1. The van der Waals surface area contributed by atoms with Crippen LogP contribution >= 0.6 is 0 Å². The van der Waals surface area contributed by atoms with Crippen molar-refractivity contribution in [1.29, 1.82) is 0 Å². The molecule has 13 heteroatoms. The minimum Gasteiger partial charge on any atom is -0.393 e. The summed E-state index contributed by atoms with van der Waals surface area (Å²) in [6.45, 7) is 10.6. The summed E-state index contributed by atoms with van der Waals surface area (Å²) in [6, 6.07) is 6.17. The Morgan fingerprint density at radius 1 is 0.935 bits per heavy atom. The van der Waals surface area contributed by atoms with Gasteiger partial charge in [0.05, 0.1) is 23.2 Å². The zero-order valence-electron chi connectivity index (χ0n) is 27.6. The van der Waals surface area contributed by atoms with E-state index in [0.717, 1.165) is 70.6 Å². The molecule has 3 aliphatic rings. The van der Waals surface area contributed by atoms with Crippen LogP contribution in [0.25, 0.3) is 0 Å². The third kappa shape index (κ3) is 7.76. The number of benzene rings is 1. The van der Waals surface area contributed by atoms with Crippen molar-refractivity contribution >= 4 is 46.4 Å². The van der Waals surface area contributed by atoms with E-state index in [9.17, 15) is 19.5 Å². The maximum absolute atomic E-state index is 12.8. The lowest BCUT2D eigenvalue weighted by Crippen LogP contribution is -2.52. The van der Waals surface area contributed by atoms with E-state index >= 15 is 0 Å². The molecule has 1 saturated carbocycles. The minimum atomic E-state index is -0.716. The number of carbonyl (C=O) groups excluding carboxylic acids is 3. The number of aromatic nitrogens is 2. The van der Waals surface area contributed by atoms with Crippen LogP contribution in [0.4, 0.5) is 28.7 Å². The summed E-state index contributed by atoms with van der Waals surface area (Å²) in [6.07, 6.45) is 5.29. The van der Waals surface area contributed by atoms with E-state index in [4.69, 9.17) is 10.7 Å². The molecule has 5 N–H and O–H groups in total. The highest BCUT2D eigenvalue weighted by molar-refractivity contribution is 6.15. The number of hydrogen-bond donors (Lipinski definition) is 4. The Kier molecular flexibility index (Phi) is 10.7. The van der Waals surface area contributed by atoms with Gasteiger partial charge in [-0.1, -0.05) is 6.92 Å². The number of nitrogens with zero attached hydrogens (tertiary/aromatic N) is 6. The fourth-order valence-electron chi connectivity index (χ4n) is 6.91. The molecule has 2 aliphatic heterocycles. The van der Waals surface area contributed by atoms with Gasteiger partial charge in [0, 0.05) is 70.9 Å². The number of aliphatic hydroxyl groups excluding tert-OH is 1. The van der Waals surface area contributed by atoms with Crippen molar-refractivity contribution in [2.24, 2.45) is 5.73 Å². The van der Waals surface area contributed by atoms with Gasteiger partial charge in [-0.3, -0.25) is 19.3 Å². The number of imide groups is 1. The Morgan fingerprint density at radius 3 is 2.17 bits per heavy atom. The van der Waals surface area contributed by atoms with Crippen molar-refractivity contribution in [3.05, 3.63) is 29.6 Å². The predicted octanol–water partition coefficient (Wildman–Crippen LogP) is 2.71. The highest BCUT2D eigenvalue weighted by Crippen LogP contribution is 2.36. The molecule has 3 amide bonds. The maximum Gasteiger partial charge on any atom is 0.271 e. The van der Waals surface area contributed by atoms with E-state index in [1.54, 1.807) is 6.07 Å². The van der Waals surface area contributed by atoms with Crippen LogP contribution in [0.5, 0.6) is 0 Å². The zero-order chi connectivity index (χ0) is 33.0. The van der Waals surface area contributed by atoms with Crippen molar-refractivity contribution in [2.45, 2.75) is 83.9 Å². The van der Waals surface area contributed by atoms with Gasteiger partial charge in [0.15, 0.2) is 11.5 Å². The number of carbonyl (C=O) groups is 3. The number of aliphatic hydroxyl groups is 1. The van der Waals surface area contributed by atoms with Gasteiger partial charge in [-0.25, -0.2) is 14.9 Å². The molecule has 3 heterocycles. The van der Waals surface area contributed by atoms with Crippen LogP contribution in [0.15, 0.2) is 18.2 Å². The van der Waals surface area contributed by atoms with Crippen LogP contribution in [-0.2, 0) is 16.0 Å². The molecule has 0 unspecified atom stereocenters. The van der Waals surface area contributed by atoms with Gasteiger partial charge in [-0.2, -0.15) is 0 Å². The van der Waals surface area contributed by atoms with Gasteiger partial charge in [-0.15, -0.1) is 0 Å². The zero-order valence-corrected chi connectivity index (χ0v) is 27.6. The summed E-state index contributed by atoms with van der Waals surface area (Å²) in [4.78, 5) is 55.8. The number of hydrogen-bond acceptors (Lipinski definition) is 11. The third-order valence-corrected chi connectivity index (χ3v) is 9.54. The van der Waals surface area contributed by atoms with Gasteiger partial charge in [-0.05, 0) is 70.2 Å². The van der Waals surface area contributed by atoms with Crippen molar-refractivity contribution in [3.8, 4) is 0 Å². The summed E-state index contributed by atoms with van der Waals surface area (Å²) in [7, 11) is 2.16. The van der Waals surface area contributed by atoms with Crippen molar-refractivity contribution in [2.75, 3.05) is 66.7 Å². The summed E-state index contributed by atoms with van der Waals surface area (Å²) >= 11 is 0. The number of rotatable bonds is 9. The lowest BCUT2D eigenvalue weighted by Gasteiger charge is -2.43. The first-order chi connectivity index (χ1) is 22.0. The molecule has 1 aromatic heterocycles. The topological polar surface area (TPSA) is 160 Å². The Balaban J connectivity index is 1.42. The second kappa shape index (κ2) is 14.7. The van der Waals surface area contributed by atoms with Gasteiger partial charge in [0.1, 0.15) is 5.82 Å². The molecule has 250 valence electrons. The van der Waals surface area contributed by atoms with Crippen LogP contribution < -0.4 is 26.2 Å². The predicted molar refractivity (Wildman–Crippen MR) is 180 cm³/mol. The van der Waals surface area contributed by atoms with E-state index in [1.165, 1.54) is 18.7 Å². The molecule has 0 bridgehead atoms. The summed E-state index contributed by atoms with van der Waals surface area (Å²) in [5, 5.41) is 16.6. The SMILES string of the molecule is CCc1nc(C(N)=O)c(Nc2ccc(N3CCC(N4CCN(C)CC4)CC3)c(N(C(C)=O)C(C)=O)c2)nc1NC1CCC(O)CC1. The number of nitrogens with two attached hydrogens (primary N) is 1. The Bertz CT molecular complexity index is 1400. The Hall–Kier alpha value is -3.81. The highest BCUT2D eigenvalue weighted by atomic mass is 16.3. The molecular weight excluding hydrogens is 586 g/mol. The first-order valence-electron chi connectivity index (χ1n) is 16.6. The van der Waals surface area contributed by atoms with Crippen LogP contribution in [0.1, 0.15) is 75.5 Å². The fourth-order valence-corrected chi connectivity index (χ4v) is 6.91. The first kappa shape index (κ1) is 33.6. The van der Waals surface area contributed by atoms with Crippen LogP contribution in [0.2, 0.25) is 0 Å². The Morgan fingerprint density at radius 2 is 1.59 bits per heavy atom. The third-order valence-electron chi connectivity index (χ3n) is 9.54. The van der Waals surface area contributed by atoms with E-state index < -0.39 is 5.91 Å². The van der Waals surface area contributed by atoms with Gasteiger partial charge >= 0.3 is 0 Å². The van der Waals surface area contributed by atoms with Crippen LogP contribution in [-0.4, -0.2) is 107 Å². The number of amides is 3. The number of nitrogens with one attached hydrogen (secondary N) is 2. The fraction of sp³-hybridized carbons (Fsp3) is 0.606. The number of anilines is 5. The lowest BCUT2D eigenvalue weighted by atomic mass is 9.93. The highest BCUT2D eigenvalue weighted by Gasteiger charge is 2.30. The molecule has 1 aliphatic carbocycles. The number of piperazine rings is 1. The monoisotopic (exact) mass is 635 g/mol. The largest absolute Gasteiger partial charge is 0.393 e. The minimum absolute atomic E-state index is 0.00747. The molecule has 5 rings (SSSR count). The van der Waals surface area contributed by atoms with Crippen LogP contribution in [0.3, 0.4) is 0 Å². The van der Waals surface area contributed by atoms with Gasteiger partial charge in [0.2, 0.25) is 11.8 Å². The molecule has 0 radical (unpaired) electrons. The van der Waals surface area contributed by atoms with E-state index in [1.807, 2.05) is 19.1 Å². The smallest absolute Gasteiger partial charge is 0.271 e. The quantitative estimate of drug-likeness (QED) is 0.321. The normalized spacial score (nSPS) is 21.5. The second-order valence-electron chi connectivity index (χ2n) is 12.8. The van der Waals surface area contributed by atoms with Crippen molar-refractivity contribution < 1.29 is 19.5 Å². The average Bonchev–Trinajstić information content (AvgIpc) is 3.02. The van der Waals surface area contributed by atoms with E-state index in [0.29, 0.717) is 48.2 Å². The molecule has 0 atom stereocenters. The molecule has 0 spiro atoms. The van der Waals surface area contributed by atoms with Crippen LogP contribution in [0, 0.1) is 0 Å². The molecule has 2 aromatic rings.